The van der Waals surface area contributed by atoms with E-state index in [-0.39, 0.29) is 5.56 Å². The molecule has 1 amide bonds. The van der Waals surface area contributed by atoms with E-state index >= 15 is 0 Å². The van der Waals surface area contributed by atoms with E-state index < -0.39 is 11.7 Å². The first kappa shape index (κ1) is 13.3. The number of benzene rings is 1. The lowest BCUT2D eigenvalue weighted by atomic mass is 9.92. The number of aromatic nitrogens is 3. The van der Waals surface area contributed by atoms with E-state index in [0.29, 0.717) is 17.0 Å². The molecule has 0 atom stereocenters. The summed E-state index contributed by atoms with van der Waals surface area (Å²) in [6.07, 6.45) is 3.90. The number of nitrogens with one attached hydrogen (secondary N) is 2. The van der Waals surface area contributed by atoms with Crippen molar-refractivity contribution in [3.8, 4) is 0 Å². The molecule has 4 rings (SSSR count). The standard InChI is InChI=1S/C15H16FN5O/c16-9-5-10(14(17)22)13-12(6-9)20-15-11(7-19-21(13)15)8-1-3-18-4-2-8/h5-8,18,20H,1-4H2,(H2,17,22). The van der Waals surface area contributed by atoms with Crippen molar-refractivity contribution in [1.29, 1.82) is 0 Å². The fraction of sp³-hybridized carbons (Fsp3) is 0.333. The molecule has 0 radical (unpaired) electrons. The minimum atomic E-state index is -0.663. The van der Waals surface area contributed by atoms with Gasteiger partial charge in [-0.3, -0.25) is 4.79 Å². The Balaban J connectivity index is 1.96. The number of fused-ring (bicyclic) bond motifs is 3. The molecule has 0 spiro atoms. The third-order valence-electron chi connectivity index (χ3n) is 4.38. The van der Waals surface area contributed by atoms with E-state index in [2.05, 4.69) is 15.4 Å². The molecule has 6 nitrogen and oxygen atoms in total. The van der Waals surface area contributed by atoms with E-state index in [1.165, 1.54) is 6.07 Å². The number of aromatic amines is 1. The lowest BCUT2D eigenvalue weighted by Crippen LogP contribution is -2.26. The smallest absolute Gasteiger partial charge is 0.251 e. The number of primary amides is 1. The van der Waals surface area contributed by atoms with Gasteiger partial charge in [-0.1, -0.05) is 0 Å². The van der Waals surface area contributed by atoms with Crippen molar-refractivity contribution in [1.82, 2.24) is 19.9 Å². The molecular formula is C15H16FN5O. The van der Waals surface area contributed by atoms with Gasteiger partial charge in [0.15, 0.2) is 0 Å². The minimum Gasteiger partial charge on any atom is -0.366 e. The number of imidazole rings is 1. The van der Waals surface area contributed by atoms with Crippen LogP contribution < -0.4 is 11.1 Å². The maximum Gasteiger partial charge on any atom is 0.251 e. The Bertz CT molecular complexity index is 875. The predicted octanol–water partition coefficient (Wildman–Crippen LogP) is 1.52. The summed E-state index contributed by atoms with van der Waals surface area (Å²) >= 11 is 0. The molecule has 1 aliphatic rings. The molecule has 0 unspecified atom stereocenters. The van der Waals surface area contributed by atoms with Gasteiger partial charge in [-0.2, -0.15) is 5.10 Å². The molecule has 1 fully saturated rings. The zero-order valence-electron chi connectivity index (χ0n) is 11.9. The van der Waals surface area contributed by atoms with Crippen LogP contribution in [0, 0.1) is 5.82 Å². The van der Waals surface area contributed by atoms with Gasteiger partial charge in [-0.15, -0.1) is 0 Å². The van der Waals surface area contributed by atoms with Crippen molar-refractivity contribution in [2.24, 2.45) is 5.73 Å². The average Bonchev–Trinajstić information content (AvgIpc) is 3.05. The molecule has 0 aliphatic carbocycles. The number of amides is 1. The molecule has 4 N–H and O–H groups in total. The zero-order chi connectivity index (χ0) is 15.3. The number of halogens is 1. The van der Waals surface area contributed by atoms with Crippen LogP contribution in [0.4, 0.5) is 4.39 Å². The molecule has 2 aromatic heterocycles. The van der Waals surface area contributed by atoms with Gasteiger partial charge in [0.1, 0.15) is 17.0 Å². The fourth-order valence-corrected chi connectivity index (χ4v) is 3.33. The maximum atomic E-state index is 13.7. The van der Waals surface area contributed by atoms with Gasteiger partial charge in [0.05, 0.1) is 17.3 Å². The van der Waals surface area contributed by atoms with Gasteiger partial charge in [-0.05, 0) is 44.0 Å². The van der Waals surface area contributed by atoms with E-state index in [1.807, 2.05) is 6.20 Å². The van der Waals surface area contributed by atoms with Crippen molar-refractivity contribution in [2.45, 2.75) is 18.8 Å². The fourth-order valence-electron chi connectivity index (χ4n) is 3.33. The highest BCUT2D eigenvalue weighted by atomic mass is 19.1. The summed E-state index contributed by atoms with van der Waals surface area (Å²) in [7, 11) is 0. The monoisotopic (exact) mass is 301 g/mol. The summed E-state index contributed by atoms with van der Waals surface area (Å²) in [5, 5.41) is 7.72. The topological polar surface area (TPSA) is 88.2 Å². The van der Waals surface area contributed by atoms with E-state index in [1.54, 1.807) is 4.52 Å². The molecule has 1 aromatic carbocycles. The molecule has 0 saturated carbocycles. The summed E-state index contributed by atoms with van der Waals surface area (Å²) in [6, 6.07) is 2.52. The predicted molar refractivity (Wildman–Crippen MR) is 80.4 cm³/mol. The van der Waals surface area contributed by atoms with Gasteiger partial charge in [0, 0.05) is 5.56 Å². The van der Waals surface area contributed by atoms with Crippen LogP contribution in [-0.2, 0) is 0 Å². The average molecular weight is 301 g/mol. The number of carbonyl (C=O) groups excluding carboxylic acids is 1. The van der Waals surface area contributed by atoms with Crippen molar-refractivity contribution in [2.75, 3.05) is 13.1 Å². The number of nitrogens with zero attached hydrogens (tertiary/aromatic N) is 2. The Hall–Kier alpha value is -2.41. The third-order valence-corrected chi connectivity index (χ3v) is 4.38. The number of carbonyl (C=O) groups is 1. The van der Waals surface area contributed by atoms with E-state index in [4.69, 9.17) is 5.73 Å². The van der Waals surface area contributed by atoms with Crippen LogP contribution in [0.3, 0.4) is 0 Å². The number of H-pyrrole nitrogens is 1. The summed E-state index contributed by atoms with van der Waals surface area (Å²) in [5.41, 5.74) is 8.51. The Morgan fingerprint density at radius 1 is 1.36 bits per heavy atom. The molecule has 0 bridgehead atoms. The molecule has 3 heterocycles. The van der Waals surface area contributed by atoms with Crippen molar-refractivity contribution in [3.63, 3.8) is 0 Å². The number of hydrogen-bond acceptors (Lipinski definition) is 3. The van der Waals surface area contributed by atoms with Crippen molar-refractivity contribution < 1.29 is 9.18 Å². The maximum absolute atomic E-state index is 13.7. The van der Waals surface area contributed by atoms with Crippen molar-refractivity contribution in [3.05, 3.63) is 35.3 Å². The summed E-state index contributed by atoms with van der Waals surface area (Å²) < 4.78 is 15.3. The van der Waals surface area contributed by atoms with Crippen LogP contribution in [0.25, 0.3) is 16.7 Å². The van der Waals surface area contributed by atoms with Gasteiger partial charge in [0.25, 0.3) is 5.91 Å². The number of rotatable bonds is 2. The Kier molecular flexibility index (Phi) is 2.90. The molecule has 22 heavy (non-hydrogen) atoms. The van der Waals surface area contributed by atoms with Crippen LogP contribution >= 0.6 is 0 Å². The summed E-state index contributed by atoms with van der Waals surface area (Å²) in [4.78, 5) is 14.8. The second kappa shape index (κ2) is 4.81. The SMILES string of the molecule is NC(=O)c1cc(F)cc2[nH]c3c(C4CCNCC4)cnn3c12. The second-order valence-corrected chi connectivity index (χ2v) is 5.72. The molecule has 114 valence electrons. The van der Waals surface area contributed by atoms with E-state index in [9.17, 15) is 9.18 Å². The van der Waals surface area contributed by atoms with Crippen molar-refractivity contribution >= 4 is 22.6 Å². The quantitative estimate of drug-likeness (QED) is 0.670. The molecule has 3 aromatic rings. The molecule has 7 heteroatoms. The summed E-state index contributed by atoms with van der Waals surface area (Å²) in [6.45, 7) is 1.95. The highest BCUT2D eigenvalue weighted by Crippen LogP contribution is 2.31. The Labute approximate surface area is 125 Å². The molecule has 1 saturated heterocycles. The van der Waals surface area contributed by atoms with Crippen LogP contribution in [0.1, 0.15) is 34.7 Å². The zero-order valence-corrected chi connectivity index (χ0v) is 11.9. The van der Waals surface area contributed by atoms with Gasteiger partial charge < -0.3 is 16.0 Å². The normalized spacial score (nSPS) is 16.6. The first-order chi connectivity index (χ1) is 10.6. The molecule has 1 aliphatic heterocycles. The number of piperidine rings is 1. The summed E-state index contributed by atoms with van der Waals surface area (Å²) in [5.74, 6) is -0.743. The second-order valence-electron chi connectivity index (χ2n) is 5.72. The highest BCUT2D eigenvalue weighted by molar-refractivity contribution is 6.05. The largest absolute Gasteiger partial charge is 0.366 e. The number of hydrogen-bond donors (Lipinski definition) is 3. The first-order valence-electron chi connectivity index (χ1n) is 7.34. The van der Waals surface area contributed by atoms with Crippen LogP contribution in [0.2, 0.25) is 0 Å². The Morgan fingerprint density at radius 2 is 2.14 bits per heavy atom. The lowest BCUT2D eigenvalue weighted by Gasteiger charge is -2.21. The van der Waals surface area contributed by atoms with E-state index in [0.717, 1.165) is 43.2 Å². The molecular weight excluding hydrogens is 285 g/mol. The lowest BCUT2D eigenvalue weighted by molar-refractivity contribution is 0.100. The van der Waals surface area contributed by atoms with Gasteiger partial charge >= 0.3 is 0 Å². The highest BCUT2D eigenvalue weighted by Gasteiger charge is 2.23. The van der Waals surface area contributed by atoms with Gasteiger partial charge in [-0.25, -0.2) is 8.91 Å². The first-order valence-corrected chi connectivity index (χ1v) is 7.34. The third kappa shape index (κ3) is 1.89. The van der Waals surface area contributed by atoms with Gasteiger partial charge in [0.2, 0.25) is 0 Å². The van der Waals surface area contributed by atoms with Crippen LogP contribution in [0.15, 0.2) is 18.3 Å². The van der Waals surface area contributed by atoms with Crippen LogP contribution in [0.5, 0.6) is 0 Å². The number of nitrogens with two attached hydrogens (primary N) is 1. The minimum absolute atomic E-state index is 0.140. The Morgan fingerprint density at radius 3 is 2.86 bits per heavy atom. The van der Waals surface area contributed by atoms with Crippen LogP contribution in [-0.4, -0.2) is 33.6 Å².